The maximum atomic E-state index is 11.5. The van der Waals surface area contributed by atoms with Crippen LogP contribution in [0.15, 0.2) is 61.1 Å². The summed E-state index contributed by atoms with van der Waals surface area (Å²) in [6.07, 6.45) is 3.24. The van der Waals surface area contributed by atoms with Crippen molar-refractivity contribution in [3.63, 3.8) is 0 Å². The summed E-state index contributed by atoms with van der Waals surface area (Å²) in [6.45, 7) is 2.67. The lowest BCUT2D eigenvalue weighted by Crippen LogP contribution is -2.47. The van der Waals surface area contributed by atoms with E-state index in [1.807, 2.05) is 36.4 Å². The lowest BCUT2D eigenvalue weighted by molar-refractivity contribution is -0.137. The number of hydrogen-bond donors (Lipinski definition) is 2. The minimum atomic E-state index is -0.977. The second kappa shape index (κ2) is 8.28. The van der Waals surface area contributed by atoms with E-state index in [1.54, 1.807) is 23.0 Å². The highest BCUT2D eigenvalue weighted by Gasteiger charge is 2.24. The number of aromatic hydroxyl groups is 1. The summed E-state index contributed by atoms with van der Waals surface area (Å²) in [5.41, 5.74) is 2.85. The fourth-order valence-electron chi connectivity index (χ4n) is 4.47. The monoisotopic (exact) mass is 470 g/mol. The molecule has 11 nitrogen and oxygen atoms in total. The molecule has 176 valence electrons. The van der Waals surface area contributed by atoms with Gasteiger partial charge in [0.25, 0.3) is 0 Å². The van der Waals surface area contributed by atoms with Crippen LogP contribution >= 0.6 is 0 Å². The summed E-state index contributed by atoms with van der Waals surface area (Å²) in [4.78, 5) is 29.8. The Hall–Kier alpha value is -4.67. The van der Waals surface area contributed by atoms with Crippen molar-refractivity contribution in [1.29, 1.82) is 0 Å². The fourth-order valence-corrected chi connectivity index (χ4v) is 4.47. The minimum absolute atomic E-state index is 0.245. The highest BCUT2D eigenvalue weighted by atomic mass is 16.4. The molecule has 0 saturated carbocycles. The summed E-state index contributed by atoms with van der Waals surface area (Å²) in [5, 5.41) is 24.5. The molecule has 35 heavy (non-hydrogen) atoms. The first-order valence-corrected chi connectivity index (χ1v) is 11.2. The molecule has 0 amide bonds. The summed E-state index contributed by atoms with van der Waals surface area (Å²) in [7, 11) is 0. The van der Waals surface area contributed by atoms with Crippen LogP contribution in [0, 0.1) is 0 Å². The van der Waals surface area contributed by atoms with E-state index in [-0.39, 0.29) is 12.3 Å². The molecule has 6 rings (SSSR count). The topological polar surface area (TPSA) is 125 Å². The predicted octanol–water partition coefficient (Wildman–Crippen LogP) is 2.28. The number of aromatic nitrogens is 6. The van der Waals surface area contributed by atoms with Crippen molar-refractivity contribution in [3.05, 3.63) is 61.1 Å². The van der Waals surface area contributed by atoms with Crippen molar-refractivity contribution < 1.29 is 15.0 Å². The molecule has 4 heterocycles. The number of aliphatic carboxylic acids is 1. The molecular weight excluding hydrogens is 448 g/mol. The first kappa shape index (κ1) is 20.9. The Morgan fingerprint density at radius 3 is 2.46 bits per heavy atom. The van der Waals surface area contributed by atoms with Crippen molar-refractivity contribution >= 4 is 39.7 Å². The van der Waals surface area contributed by atoms with Crippen LogP contribution in [0.5, 0.6) is 5.75 Å². The Labute approximate surface area is 199 Å². The second-order valence-electron chi connectivity index (χ2n) is 8.39. The number of piperazine rings is 1. The molecule has 0 atom stereocenters. The third kappa shape index (κ3) is 3.76. The first-order chi connectivity index (χ1) is 17.1. The maximum Gasteiger partial charge on any atom is 0.323 e. The summed E-state index contributed by atoms with van der Waals surface area (Å²) in [5.74, 6) is 0.286. The van der Waals surface area contributed by atoms with Crippen LogP contribution < -0.4 is 9.80 Å². The average molecular weight is 470 g/mol. The number of anilines is 2. The Balaban J connectivity index is 1.39. The van der Waals surface area contributed by atoms with Gasteiger partial charge in [0.2, 0.25) is 5.95 Å². The number of para-hydroxylation sites is 1. The van der Waals surface area contributed by atoms with Gasteiger partial charge in [-0.25, -0.2) is 9.67 Å². The number of imidazole rings is 1. The van der Waals surface area contributed by atoms with Gasteiger partial charge in [-0.3, -0.25) is 4.79 Å². The second-order valence-corrected chi connectivity index (χ2v) is 8.39. The van der Waals surface area contributed by atoms with Gasteiger partial charge < -0.3 is 24.6 Å². The van der Waals surface area contributed by atoms with Crippen molar-refractivity contribution in [3.8, 4) is 11.6 Å². The molecule has 1 aliphatic heterocycles. The SMILES string of the molecule is O=C(O)Cn1cnc2nc(N3CCN(c4ccc(O)cc4)CC3)nc(-n3ncc4ccccc43)c21. The van der Waals surface area contributed by atoms with Gasteiger partial charge >= 0.3 is 5.97 Å². The number of carbonyl (C=O) groups is 1. The zero-order valence-corrected chi connectivity index (χ0v) is 18.7. The van der Waals surface area contributed by atoms with Crippen LogP contribution in [0.3, 0.4) is 0 Å². The molecule has 11 heteroatoms. The van der Waals surface area contributed by atoms with Crippen molar-refractivity contribution in [2.24, 2.45) is 0 Å². The standard InChI is InChI=1S/C24H22N8O3/c33-18-7-5-17(6-8-18)29-9-11-30(12-10-29)24-27-22-21(31(15-25-22)14-20(34)35)23(28-24)32-19-4-2-1-3-16(19)13-26-32/h1-8,13,15,33H,9-12,14H2,(H,34,35). The van der Waals surface area contributed by atoms with Crippen LogP contribution in [0.1, 0.15) is 0 Å². The minimum Gasteiger partial charge on any atom is -0.508 e. The van der Waals surface area contributed by atoms with Crippen LogP contribution in [-0.2, 0) is 11.3 Å². The molecule has 0 spiro atoms. The van der Waals surface area contributed by atoms with Gasteiger partial charge in [0.1, 0.15) is 17.8 Å². The van der Waals surface area contributed by atoms with Gasteiger partial charge in [-0.15, -0.1) is 0 Å². The predicted molar refractivity (Wildman–Crippen MR) is 130 cm³/mol. The van der Waals surface area contributed by atoms with Crippen LogP contribution in [0.2, 0.25) is 0 Å². The Bertz CT molecular complexity index is 1530. The molecule has 0 aliphatic carbocycles. The van der Waals surface area contributed by atoms with E-state index >= 15 is 0 Å². The largest absolute Gasteiger partial charge is 0.508 e. The lowest BCUT2D eigenvalue weighted by Gasteiger charge is -2.36. The molecule has 1 fully saturated rings. The summed E-state index contributed by atoms with van der Waals surface area (Å²) < 4.78 is 3.26. The quantitative estimate of drug-likeness (QED) is 0.398. The molecule has 0 radical (unpaired) electrons. The van der Waals surface area contributed by atoms with Crippen molar-refractivity contribution in [2.45, 2.75) is 6.54 Å². The molecule has 0 bridgehead atoms. The van der Waals surface area contributed by atoms with Crippen LogP contribution in [-0.4, -0.2) is 71.7 Å². The Morgan fingerprint density at radius 1 is 0.943 bits per heavy atom. The number of phenolic OH excluding ortho intramolecular Hbond substituents is 1. The molecule has 1 aliphatic rings. The third-order valence-electron chi connectivity index (χ3n) is 6.20. The summed E-state index contributed by atoms with van der Waals surface area (Å²) in [6, 6.07) is 15.0. The zero-order chi connectivity index (χ0) is 23.9. The van der Waals surface area contributed by atoms with E-state index in [4.69, 9.17) is 4.98 Å². The van der Waals surface area contributed by atoms with Crippen molar-refractivity contribution in [2.75, 3.05) is 36.0 Å². The van der Waals surface area contributed by atoms with E-state index in [9.17, 15) is 15.0 Å². The number of carboxylic acid groups (broad SMARTS) is 1. The molecule has 5 aromatic rings. The highest BCUT2D eigenvalue weighted by molar-refractivity contribution is 5.86. The van der Waals surface area contributed by atoms with E-state index in [0.29, 0.717) is 36.0 Å². The molecule has 2 N–H and O–H groups in total. The normalized spacial score (nSPS) is 14.2. The molecule has 0 unspecified atom stereocenters. The van der Waals surface area contributed by atoms with Gasteiger partial charge in [0.05, 0.1) is 18.0 Å². The van der Waals surface area contributed by atoms with Gasteiger partial charge in [-0.05, 0) is 30.3 Å². The maximum absolute atomic E-state index is 11.5. The number of hydrogen-bond acceptors (Lipinski definition) is 8. The number of rotatable bonds is 5. The number of fused-ring (bicyclic) bond motifs is 2. The van der Waals surface area contributed by atoms with E-state index < -0.39 is 5.97 Å². The van der Waals surface area contributed by atoms with Gasteiger partial charge in [-0.2, -0.15) is 15.1 Å². The van der Waals surface area contributed by atoms with Crippen molar-refractivity contribution in [1.82, 2.24) is 29.3 Å². The molecule has 1 saturated heterocycles. The lowest BCUT2D eigenvalue weighted by atomic mass is 10.2. The summed E-state index contributed by atoms with van der Waals surface area (Å²) >= 11 is 0. The Kier molecular flexibility index (Phi) is 4.94. The van der Waals surface area contributed by atoms with Crippen LogP contribution in [0.4, 0.5) is 11.6 Å². The number of benzene rings is 2. The van der Waals surface area contributed by atoms with Crippen LogP contribution in [0.25, 0.3) is 27.9 Å². The number of phenols is 1. The smallest absolute Gasteiger partial charge is 0.323 e. The number of carboxylic acids is 1. The highest BCUT2D eigenvalue weighted by Crippen LogP contribution is 2.27. The van der Waals surface area contributed by atoms with E-state index in [0.717, 1.165) is 29.7 Å². The first-order valence-electron chi connectivity index (χ1n) is 11.2. The van der Waals surface area contributed by atoms with Gasteiger partial charge in [-0.1, -0.05) is 18.2 Å². The zero-order valence-electron chi connectivity index (χ0n) is 18.7. The molecule has 2 aromatic carbocycles. The third-order valence-corrected chi connectivity index (χ3v) is 6.20. The average Bonchev–Trinajstić information content (AvgIpc) is 3.48. The fraction of sp³-hybridized carbons (Fsp3) is 0.208. The van der Waals surface area contributed by atoms with Gasteiger partial charge in [0, 0.05) is 37.3 Å². The van der Waals surface area contributed by atoms with Gasteiger partial charge in [0.15, 0.2) is 11.5 Å². The van der Waals surface area contributed by atoms with E-state index in [1.165, 1.54) is 10.9 Å². The molecular formula is C24H22N8O3. The van der Waals surface area contributed by atoms with E-state index in [2.05, 4.69) is 24.9 Å². The Morgan fingerprint density at radius 2 is 1.69 bits per heavy atom. The molecule has 3 aromatic heterocycles. The number of nitrogens with zero attached hydrogens (tertiary/aromatic N) is 8.